The third-order valence-corrected chi connectivity index (χ3v) is 4.65. The van der Waals surface area contributed by atoms with Crippen molar-refractivity contribution in [2.45, 2.75) is 51.7 Å². The summed E-state index contributed by atoms with van der Waals surface area (Å²) in [6.07, 6.45) is 3.60. The number of aliphatic hydroxyl groups is 1. The maximum absolute atomic E-state index is 10.3. The fraction of sp³-hybridized carbons (Fsp3) is 0.750. The van der Waals surface area contributed by atoms with Crippen LogP contribution in [0, 0.1) is 12.8 Å². The van der Waals surface area contributed by atoms with Crippen molar-refractivity contribution in [1.29, 1.82) is 0 Å². The molecule has 0 aromatic carbocycles. The molecule has 1 N–H and O–H groups in total. The Hall–Kier alpha value is -1.20. The standard InChI is InChI=1S/C16H25N3O2/c1-3-15-17-11(2)9-16(18-15)19-7-4-5-13(19)12-10-21-8-6-14(12)20/h9,12-14,20H,3-8,10H2,1-2H3/t12-,13-,14+/m1/s1. The third kappa shape index (κ3) is 3.04. The normalized spacial score (nSPS) is 29.9. The maximum Gasteiger partial charge on any atom is 0.132 e. The first-order valence-electron chi connectivity index (χ1n) is 8.06. The highest BCUT2D eigenvalue weighted by atomic mass is 16.5. The monoisotopic (exact) mass is 291 g/mol. The van der Waals surface area contributed by atoms with Crippen molar-refractivity contribution in [2.24, 2.45) is 5.92 Å². The Morgan fingerprint density at radius 2 is 2.24 bits per heavy atom. The first-order valence-corrected chi connectivity index (χ1v) is 8.06. The fourth-order valence-electron chi connectivity index (χ4n) is 3.56. The van der Waals surface area contributed by atoms with E-state index in [-0.39, 0.29) is 12.0 Å². The summed E-state index contributed by atoms with van der Waals surface area (Å²) in [5, 5.41) is 10.3. The van der Waals surface area contributed by atoms with Gasteiger partial charge in [-0.15, -0.1) is 0 Å². The minimum atomic E-state index is -0.252. The quantitative estimate of drug-likeness (QED) is 0.919. The highest BCUT2D eigenvalue weighted by Crippen LogP contribution is 2.32. The molecule has 2 aliphatic heterocycles. The minimum absolute atomic E-state index is 0.196. The van der Waals surface area contributed by atoms with E-state index in [2.05, 4.69) is 22.9 Å². The van der Waals surface area contributed by atoms with Gasteiger partial charge in [0.2, 0.25) is 0 Å². The summed E-state index contributed by atoms with van der Waals surface area (Å²) < 4.78 is 5.60. The lowest BCUT2D eigenvalue weighted by Crippen LogP contribution is -2.46. The van der Waals surface area contributed by atoms with Crippen LogP contribution in [-0.4, -0.2) is 47.0 Å². The molecule has 3 heterocycles. The van der Waals surface area contributed by atoms with E-state index in [0.29, 0.717) is 19.3 Å². The number of anilines is 1. The lowest BCUT2D eigenvalue weighted by Gasteiger charge is -2.37. The van der Waals surface area contributed by atoms with Crippen molar-refractivity contribution in [2.75, 3.05) is 24.7 Å². The minimum Gasteiger partial charge on any atom is -0.393 e. The second kappa shape index (κ2) is 6.28. The molecule has 0 bridgehead atoms. The Labute approximate surface area is 126 Å². The van der Waals surface area contributed by atoms with E-state index in [1.165, 1.54) is 0 Å². The molecule has 21 heavy (non-hydrogen) atoms. The third-order valence-electron chi connectivity index (χ3n) is 4.65. The number of hydrogen-bond acceptors (Lipinski definition) is 5. The summed E-state index contributed by atoms with van der Waals surface area (Å²) in [5.41, 5.74) is 1.02. The van der Waals surface area contributed by atoms with E-state index < -0.39 is 0 Å². The molecule has 116 valence electrons. The number of nitrogens with zero attached hydrogens (tertiary/aromatic N) is 3. The van der Waals surface area contributed by atoms with Crippen molar-refractivity contribution >= 4 is 5.82 Å². The van der Waals surface area contributed by atoms with Gasteiger partial charge in [0.25, 0.3) is 0 Å². The van der Waals surface area contributed by atoms with Crippen LogP contribution in [-0.2, 0) is 11.2 Å². The van der Waals surface area contributed by atoms with Crippen molar-refractivity contribution in [3.63, 3.8) is 0 Å². The predicted molar refractivity (Wildman–Crippen MR) is 81.4 cm³/mol. The smallest absolute Gasteiger partial charge is 0.132 e. The van der Waals surface area contributed by atoms with Gasteiger partial charge in [0, 0.05) is 43.3 Å². The predicted octanol–water partition coefficient (Wildman–Crippen LogP) is 1.71. The summed E-state index contributed by atoms with van der Waals surface area (Å²) >= 11 is 0. The Morgan fingerprint density at radius 1 is 1.38 bits per heavy atom. The van der Waals surface area contributed by atoms with Crippen LogP contribution in [0.1, 0.15) is 37.7 Å². The summed E-state index contributed by atoms with van der Waals surface area (Å²) in [5.74, 6) is 2.11. The van der Waals surface area contributed by atoms with E-state index in [1.807, 2.05) is 6.92 Å². The van der Waals surface area contributed by atoms with Gasteiger partial charge in [0.05, 0.1) is 12.7 Å². The second-order valence-corrected chi connectivity index (χ2v) is 6.14. The molecule has 1 aromatic heterocycles. The largest absolute Gasteiger partial charge is 0.393 e. The lowest BCUT2D eigenvalue weighted by atomic mass is 9.89. The zero-order chi connectivity index (χ0) is 14.8. The molecule has 0 aliphatic carbocycles. The molecule has 0 saturated carbocycles. The van der Waals surface area contributed by atoms with E-state index >= 15 is 0 Å². The van der Waals surface area contributed by atoms with Gasteiger partial charge in [-0.05, 0) is 26.2 Å². The Morgan fingerprint density at radius 3 is 3.00 bits per heavy atom. The van der Waals surface area contributed by atoms with E-state index in [4.69, 9.17) is 9.72 Å². The van der Waals surface area contributed by atoms with Gasteiger partial charge in [-0.3, -0.25) is 0 Å². The average molecular weight is 291 g/mol. The lowest BCUT2D eigenvalue weighted by molar-refractivity contribution is -0.0438. The maximum atomic E-state index is 10.3. The average Bonchev–Trinajstić information content (AvgIpc) is 2.96. The van der Waals surface area contributed by atoms with Crippen molar-refractivity contribution in [3.8, 4) is 0 Å². The number of hydrogen-bond donors (Lipinski definition) is 1. The molecule has 2 saturated heterocycles. The highest BCUT2D eigenvalue weighted by Gasteiger charge is 2.38. The molecule has 0 amide bonds. The molecule has 2 fully saturated rings. The molecule has 5 nitrogen and oxygen atoms in total. The van der Waals surface area contributed by atoms with E-state index in [0.717, 1.165) is 49.6 Å². The molecular weight excluding hydrogens is 266 g/mol. The van der Waals surface area contributed by atoms with Crippen LogP contribution in [0.5, 0.6) is 0 Å². The van der Waals surface area contributed by atoms with Gasteiger partial charge in [0.15, 0.2) is 0 Å². The molecule has 1 aromatic rings. The fourth-order valence-corrected chi connectivity index (χ4v) is 3.56. The summed E-state index contributed by atoms with van der Waals surface area (Å²) in [6, 6.07) is 2.40. The van der Waals surface area contributed by atoms with Crippen LogP contribution >= 0.6 is 0 Å². The molecule has 5 heteroatoms. The number of aliphatic hydroxyl groups excluding tert-OH is 1. The zero-order valence-corrected chi connectivity index (χ0v) is 13.0. The van der Waals surface area contributed by atoms with Gasteiger partial charge in [-0.1, -0.05) is 6.92 Å². The number of aromatic nitrogens is 2. The molecule has 0 spiro atoms. The van der Waals surface area contributed by atoms with Crippen molar-refractivity contribution in [1.82, 2.24) is 9.97 Å². The molecule has 3 rings (SSSR count). The Balaban J connectivity index is 1.84. The van der Waals surface area contributed by atoms with Crippen LogP contribution in [0.25, 0.3) is 0 Å². The van der Waals surface area contributed by atoms with Crippen LogP contribution in [0.15, 0.2) is 6.07 Å². The SMILES string of the molecule is CCc1nc(C)cc(N2CCC[C@@H]2[C@H]2COCC[C@@H]2O)n1. The Bertz CT molecular complexity index is 494. The number of ether oxygens (including phenoxy) is 1. The first-order chi connectivity index (χ1) is 10.2. The number of rotatable bonds is 3. The van der Waals surface area contributed by atoms with Gasteiger partial charge in [0.1, 0.15) is 11.6 Å². The van der Waals surface area contributed by atoms with E-state index in [9.17, 15) is 5.11 Å². The van der Waals surface area contributed by atoms with Crippen LogP contribution < -0.4 is 4.90 Å². The summed E-state index contributed by atoms with van der Waals surface area (Å²) in [6.45, 7) is 6.45. The topological polar surface area (TPSA) is 58.5 Å². The van der Waals surface area contributed by atoms with Crippen LogP contribution in [0.3, 0.4) is 0 Å². The summed E-state index contributed by atoms with van der Waals surface area (Å²) in [4.78, 5) is 11.5. The molecule has 0 unspecified atom stereocenters. The molecular formula is C16H25N3O2. The first kappa shape index (κ1) is 14.7. The Kier molecular flexibility index (Phi) is 4.40. The van der Waals surface area contributed by atoms with Gasteiger partial charge >= 0.3 is 0 Å². The van der Waals surface area contributed by atoms with Gasteiger partial charge in [-0.25, -0.2) is 9.97 Å². The highest BCUT2D eigenvalue weighted by molar-refractivity contribution is 5.42. The molecule has 2 aliphatic rings. The van der Waals surface area contributed by atoms with Crippen LogP contribution in [0.2, 0.25) is 0 Å². The van der Waals surface area contributed by atoms with Gasteiger partial charge < -0.3 is 14.7 Å². The summed E-state index contributed by atoms with van der Waals surface area (Å²) in [7, 11) is 0. The van der Waals surface area contributed by atoms with Crippen molar-refractivity contribution < 1.29 is 9.84 Å². The van der Waals surface area contributed by atoms with Gasteiger partial charge in [-0.2, -0.15) is 0 Å². The van der Waals surface area contributed by atoms with Crippen LogP contribution in [0.4, 0.5) is 5.82 Å². The van der Waals surface area contributed by atoms with Crippen molar-refractivity contribution in [3.05, 3.63) is 17.6 Å². The molecule has 3 atom stereocenters. The zero-order valence-electron chi connectivity index (χ0n) is 13.0. The number of aryl methyl sites for hydroxylation is 2. The molecule has 0 radical (unpaired) electrons. The second-order valence-electron chi connectivity index (χ2n) is 6.14. The van der Waals surface area contributed by atoms with E-state index in [1.54, 1.807) is 0 Å².